The minimum absolute atomic E-state index is 0.0222. The number of hydrogen-bond donors (Lipinski definition) is 1. The Morgan fingerprint density at radius 3 is 2.18 bits per heavy atom. The molecular formula is C28H25NO5. The number of aliphatic hydroxyl groups excluding tert-OH is 1. The molecule has 6 nitrogen and oxygen atoms in total. The van der Waals surface area contributed by atoms with Gasteiger partial charge in [-0.3, -0.25) is 14.5 Å². The van der Waals surface area contributed by atoms with Crippen molar-refractivity contribution in [3.8, 4) is 0 Å². The number of hydrogen-bond acceptors (Lipinski definition) is 5. The number of carbonyl (C=O) groups excluding carboxylic acids is 3. The lowest BCUT2D eigenvalue weighted by Gasteiger charge is -2.26. The van der Waals surface area contributed by atoms with Gasteiger partial charge in [0.05, 0.1) is 23.8 Å². The molecule has 0 spiro atoms. The third-order valence-electron chi connectivity index (χ3n) is 5.78. The minimum Gasteiger partial charge on any atom is -0.507 e. The topological polar surface area (TPSA) is 83.9 Å². The number of aliphatic hydroxyl groups is 1. The van der Waals surface area contributed by atoms with Gasteiger partial charge in [0, 0.05) is 11.3 Å². The van der Waals surface area contributed by atoms with E-state index in [4.69, 9.17) is 4.74 Å². The Balaban J connectivity index is 1.86. The van der Waals surface area contributed by atoms with Crippen molar-refractivity contribution >= 4 is 29.1 Å². The Kier molecular flexibility index (Phi) is 6.32. The van der Waals surface area contributed by atoms with Crippen LogP contribution in [0.1, 0.15) is 45.6 Å². The molecule has 3 aromatic rings. The van der Waals surface area contributed by atoms with Crippen LogP contribution >= 0.6 is 0 Å². The van der Waals surface area contributed by atoms with E-state index in [9.17, 15) is 19.5 Å². The third kappa shape index (κ3) is 4.22. The van der Waals surface area contributed by atoms with Crippen LogP contribution in [0.15, 0.2) is 78.4 Å². The second-order valence-electron chi connectivity index (χ2n) is 8.22. The molecule has 1 heterocycles. The van der Waals surface area contributed by atoms with E-state index < -0.39 is 23.7 Å². The molecule has 0 radical (unpaired) electrons. The van der Waals surface area contributed by atoms with Crippen LogP contribution in [0, 0.1) is 13.8 Å². The third-order valence-corrected chi connectivity index (χ3v) is 5.78. The van der Waals surface area contributed by atoms with Crippen LogP contribution in [-0.4, -0.2) is 29.4 Å². The summed E-state index contributed by atoms with van der Waals surface area (Å²) in [5.74, 6) is -2.20. The van der Waals surface area contributed by atoms with Crippen molar-refractivity contribution in [2.75, 3.05) is 11.5 Å². The van der Waals surface area contributed by atoms with Crippen LogP contribution in [0.3, 0.4) is 0 Å². The number of benzene rings is 3. The fourth-order valence-corrected chi connectivity index (χ4v) is 4.09. The highest BCUT2D eigenvalue weighted by Gasteiger charge is 2.47. The number of nitrogens with zero attached hydrogens (tertiary/aromatic N) is 1. The van der Waals surface area contributed by atoms with E-state index in [2.05, 4.69) is 0 Å². The van der Waals surface area contributed by atoms with E-state index in [0.717, 1.165) is 11.1 Å². The first-order valence-corrected chi connectivity index (χ1v) is 11.0. The normalized spacial score (nSPS) is 17.1. The first kappa shape index (κ1) is 23.0. The summed E-state index contributed by atoms with van der Waals surface area (Å²) in [6, 6.07) is 20.1. The highest BCUT2D eigenvalue weighted by Crippen LogP contribution is 2.42. The van der Waals surface area contributed by atoms with Gasteiger partial charge in [-0.2, -0.15) is 0 Å². The van der Waals surface area contributed by atoms with Crippen molar-refractivity contribution in [2.24, 2.45) is 0 Å². The molecule has 172 valence electrons. The van der Waals surface area contributed by atoms with Gasteiger partial charge in [0.15, 0.2) is 0 Å². The average molecular weight is 456 g/mol. The number of rotatable bonds is 5. The predicted octanol–water partition coefficient (Wildman–Crippen LogP) is 5.11. The van der Waals surface area contributed by atoms with E-state index in [1.54, 1.807) is 43.3 Å². The van der Waals surface area contributed by atoms with E-state index >= 15 is 0 Å². The average Bonchev–Trinajstić information content (AvgIpc) is 3.10. The molecule has 34 heavy (non-hydrogen) atoms. The highest BCUT2D eigenvalue weighted by atomic mass is 16.5. The van der Waals surface area contributed by atoms with Gasteiger partial charge >= 0.3 is 5.97 Å². The molecule has 1 N–H and O–H groups in total. The fourth-order valence-electron chi connectivity index (χ4n) is 4.09. The first-order valence-electron chi connectivity index (χ1n) is 11.0. The summed E-state index contributed by atoms with van der Waals surface area (Å²) >= 11 is 0. The Morgan fingerprint density at radius 1 is 0.912 bits per heavy atom. The summed E-state index contributed by atoms with van der Waals surface area (Å²) in [4.78, 5) is 39.9. The maximum Gasteiger partial charge on any atom is 0.338 e. The number of amides is 1. The molecule has 0 saturated carbocycles. The van der Waals surface area contributed by atoms with Crippen molar-refractivity contribution in [2.45, 2.75) is 26.8 Å². The molecule has 3 aromatic carbocycles. The van der Waals surface area contributed by atoms with Crippen LogP contribution in [-0.2, 0) is 14.3 Å². The maximum atomic E-state index is 13.2. The van der Waals surface area contributed by atoms with Crippen molar-refractivity contribution < 1.29 is 24.2 Å². The maximum absolute atomic E-state index is 13.2. The Morgan fingerprint density at radius 2 is 1.56 bits per heavy atom. The van der Waals surface area contributed by atoms with E-state index in [1.165, 1.54) is 4.90 Å². The summed E-state index contributed by atoms with van der Waals surface area (Å²) in [5.41, 5.74) is 3.92. The van der Waals surface area contributed by atoms with Gasteiger partial charge < -0.3 is 9.84 Å². The van der Waals surface area contributed by atoms with Crippen molar-refractivity contribution in [3.05, 3.63) is 106 Å². The van der Waals surface area contributed by atoms with Gasteiger partial charge in [-0.15, -0.1) is 0 Å². The van der Waals surface area contributed by atoms with Crippen LogP contribution in [0.25, 0.3) is 5.76 Å². The minimum atomic E-state index is -0.824. The number of aryl methyl sites for hydroxylation is 2. The molecule has 0 aliphatic carbocycles. The van der Waals surface area contributed by atoms with E-state index in [1.807, 2.05) is 50.2 Å². The summed E-state index contributed by atoms with van der Waals surface area (Å²) in [6.45, 7) is 5.82. The van der Waals surface area contributed by atoms with Crippen LogP contribution < -0.4 is 4.90 Å². The molecule has 1 atom stereocenters. The predicted molar refractivity (Wildman–Crippen MR) is 130 cm³/mol. The highest BCUT2D eigenvalue weighted by molar-refractivity contribution is 6.51. The molecule has 1 fully saturated rings. The molecular weight excluding hydrogens is 430 g/mol. The molecule has 0 bridgehead atoms. The second-order valence-corrected chi connectivity index (χ2v) is 8.22. The van der Waals surface area contributed by atoms with Gasteiger partial charge in [0.2, 0.25) is 0 Å². The lowest BCUT2D eigenvalue weighted by molar-refractivity contribution is -0.132. The summed E-state index contributed by atoms with van der Waals surface area (Å²) in [7, 11) is 0. The quantitative estimate of drug-likeness (QED) is 0.250. The number of esters is 1. The van der Waals surface area contributed by atoms with Crippen LogP contribution in [0.5, 0.6) is 0 Å². The molecule has 1 unspecified atom stereocenters. The van der Waals surface area contributed by atoms with Gasteiger partial charge in [-0.1, -0.05) is 59.7 Å². The van der Waals surface area contributed by atoms with Gasteiger partial charge in [0.25, 0.3) is 11.7 Å². The zero-order valence-corrected chi connectivity index (χ0v) is 19.2. The molecule has 6 heteroatoms. The molecule has 0 aromatic heterocycles. The largest absolute Gasteiger partial charge is 0.507 e. The lowest BCUT2D eigenvalue weighted by Crippen LogP contribution is -2.29. The van der Waals surface area contributed by atoms with Crippen molar-refractivity contribution in [1.29, 1.82) is 0 Å². The summed E-state index contributed by atoms with van der Waals surface area (Å²) in [5, 5.41) is 11.2. The monoisotopic (exact) mass is 455 g/mol. The van der Waals surface area contributed by atoms with Crippen molar-refractivity contribution in [1.82, 2.24) is 0 Å². The summed E-state index contributed by atoms with van der Waals surface area (Å²) in [6.07, 6.45) is 0. The lowest BCUT2D eigenvalue weighted by atomic mass is 9.94. The van der Waals surface area contributed by atoms with Crippen molar-refractivity contribution in [3.63, 3.8) is 0 Å². The molecule has 1 aliphatic rings. The standard InChI is InChI=1S/C28H25NO5/c1-4-34-28(33)20-12-14-22(15-13-20)29-24(21-7-5-6-18(3)16-21)23(26(31)27(29)32)25(30)19-10-8-17(2)9-11-19/h5-16,24,30H,4H2,1-3H3/b25-23+. The zero-order valence-electron chi connectivity index (χ0n) is 19.2. The number of ether oxygens (including phenoxy) is 1. The molecule has 4 rings (SSSR count). The van der Waals surface area contributed by atoms with Crippen LogP contribution in [0.2, 0.25) is 0 Å². The molecule has 1 amide bonds. The zero-order chi connectivity index (χ0) is 24.4. The number of ketones is 1. The van der Waals surface area contributed by atoms with Gasteiger partial charge in [-0.25, -0.2) is 4.79 Å². The number of Topliss-reactive ketones (excluding diaryl/α,β-unsaturated/α-hetero) is 1. The van der Waals surface area contributed by atoms with Crippen LogP contribution in [0.4, 0.5) is 5.69 Å². The summed E-state index contributed by atoms with van der Waals surface area (Å²) < 4.78 is 5.03. The SMILES string of the molecule is CCOC(=O)c1ccc(N2C(=O)C(=O)/C(=C(/O)c3ccc(C)cc3)C2c2cccc(C)c2)cc1. The van der Waals surface area contributed by atoms with Gasteiger partial charge in [-0.05, 0) is 50.6 Å². The fraction of sp³-hybridized carbons (Fsp3) is 0.179. The molecule has 1 saturated heterocycles. The van der Waals surface area contributed by atoms with E-state index in [0.29, 0.717) is 22.4 Å². The van der Waals surface area contributed by atoms with E-state index in [-0.39, 0.29) is 17.9 Å². The Labute approximate surface area is 198 Å². The molecule has 1 aliphatic heterocycles. The smallest absolute Gasteiger partial charge is 0.338 e. The first-order chi connectivity index (χ1) is 16.3. The number of anilines is 1. The Bertz CT molecular complexity index is 1290. The second kappa shape index (κ2) is 9.35. The Hall–Kier alpha value is -4.19. The van der Waals surface area contributed by atoms with Gasteiger partial charge in [0.1, 0.15) is 5.76 Å². The number of carbonyl (C=O) groups is 3.